The van der Waals surface area contributed by atoms with Crippen molar-refractivity contribution < 1.29 is 14.3 Å². The third-order valence-electron chi connectivity index (χ3n) is 2.98. The summed E-state index contributed by atoms with van der Waals surface area (Å²) in [6.45, 7) is 5.15. The molecule has 2 aromatic rings. The van der Waals surface area contributed by atoms with Gasteiger partial charge in [0.25, 0.3) is 0 Å². The zero-order valence-corrected chi connectivity index (χ0v) is 11.8. The third kappa shape index (κ3) is 3.08. The van der Waals surface area contributed by atoms with Crippen LogP contribution in [0.5, 0.6) is 0 Å². The van der Waals surface area contributed by atoms with E-state index in [1.807, 2.05) is 26.0 Å². The fraction of sp³-hybridized carbons (Fsp3) is 0.429. The Bertz CT molecular complexity index is 607. The lowest BCUT2D eigenvalue weighted by Crippen LogP contribution is -2.17. The van der Waals surface area contributed by atoms with E-state index in [0.29, 0.717) is 24.4 Å². The molecule has 0 aliphatic rings. The van der Waals surface area contributed by atoms with Gasteiger partial charge in [0.15, 0.2) is 0 Å². The molecule has 0 unspecified atom stereocenters. The summed E-state index contributed by atoms with van der Waals surface area (Å²) in [5, 5.41) is 0. The lowest BCUT2D eigenvalue weighted by molar-refractivity contribution is -0.145. The molecule has 1 aromatic carbocycles. The summed E-state index contributed by atoms with van der Waals surface area (Å²) in [6, 6.07) is 5.52. The molecule has 2 N–H and O–H groups in total. The number of imidazole rings is 1. The first-order chi connectivity index (χ1) is 9.63. The summed E-state index contributed by atoms with van der Waals surface area (Å²) in [6.07, 6.45) is 0. The molecular weight excluding hydrogens is 258 g/mol. The van der Waals surface area contributed by atoms with E-state index < -0.39 is 0 Å². The van der Waals surface area contributed by atoms with E-state index in [9.17, 15) is 4.79 Å². The Balaban J connectivity index is 2.08. The molecule has 0 spiro atoms. The number of benzene rings is 1. The first-order valence-corrected chi connectivity index (χ1v) is 6.58. The van der Waals surface area contributed by atoms with Gasteiger partial charge in [0.1, 0.15) is 24.5 Å². The molecule has 0 fully saturated rings. The summed E-state index contributed by atoms with van der Waals surface area (Å²) < 4.78 is 12.0. The van der Waals surface area contributed by atoms with Crippen LogP contribution in [0.4, 0.5) is 5.69 Å². The van der Waals surface area contributed by atoms with Gasteiger partial charge in [-0.05, 0) is 26.0 Å². The molecule has 0 amide bonds. The van der Waals surface area contributed by atoms with Gasteiger partial charge in [0, 0.05) is 6.61 Å². The molecule has 0 saturated carbocycles. The maximum absolute atomic E-state index is 11.8. The molecule has 1 heterocycles. The van der Waals surface area contributed by atoms with Crippen molar-refractivity contribution in [3.05, 3.63) is 24.0 Å². The van der Waals surface area contributed by atoms with Crippen molar-refractivity contribution in [1.82, 2.24) is 9.55 Å². The van der Waals surface area contributed by atoms with Crippen molar-refractivity contribution >= 4 is 22.7 Å². The Morgan fingerprint density at radius 1 is 1.40 bits per heavy atom. The van der Waals surface area contributed by atoms with Crippen LogP contribution in [0.25, 0.3) is 11.0 Å². The van der Waals surface area contributed by atoms with Crippen LogP contribution in [0.3, 0.4) is 0 Å². The van der Waals surface area contributed by atoms with Crippen molar-refractivity contribution in [2.75, 3.05) is 25.6 Å². The van der Waals surface area contributed by atoms with Crippen LogP contribution in [-0.4, -0.2) is 35.3 Å². The molecule has 0 radical (unpaired) electrons. The van der Waals surface area contributed by atoms with E-state index in [4.69, 9.17) is 15.2 Å². The van der Waals surface area contributed by atoms with Crippen LogP contribution in [0.2, 0.25) is 0 Å². The van der Waals surface area contributed by atoms with Gasteiger partial charge in [-0.15, -0.1) is 0 Å². The van der Waals surface area contributed by atoms with E-state index >= 15 is 0 Å². The van der Waals surface area contributed by atoms with E-state index in [2.05, 4.69) is 4.98 Å². The van der Waals surface area contributed by atoms with Crippen molar-refractivity contribution in [2.24, 2.45) is 0 Å². The van der Waals surface area contributed by atoms with E-state index in [-0.39, 0.29) is 19.1 Å². The molecule has 0 saturated heterocycles. The predicted octanol–water partition coefficient (Wildman–Crippen LogP) is 1.51. The second-order valence-electron chi connectivity index (χ2n) is 4.38. The number of hydrogen-bond acceptors (Lipinski definition) is 5. The number of carbonyl (C=O) groups is 1. The van der Waals surface area contributed by atoms with Gasteiger partial charge >= 0.3 is 5.97 Å². The first-order valence-electron chi connectivity index (χ1n) is 6.58. The molecule has 6 heteroatoms. The van der Waals surface area contributed by atoms with Gasteiger partial charge in [-0.1, -0.05) is 6.07 Å². The van der Waals surface area contributed by atoms with Crippen LogP contribution < -0.4 is 5.73 Å². The van der Waals surface area contributed by atoms with E-state index in [1.165, 1.54) is 0 Å². The fourth-order valence-corrected chi connectivity index (χ4v) is 2.02. The van der Waals surface area contributed by atoms with E-state index in [0.717, 1.165) is 11.3 Å². The first kappa shape index (κ1) is 14.3. The van der Waals surface area contributed by atoms with Crippen molar-refractivity contribution in [1.29, 1.82) is 0 Å². The Morgan fingerprint density at radius 3 is 2.95 bits per heavy atom. The van der Waals surface area contributed by atoms with Gasteiger partial charge in [-0.3, -0.25) is 4.79 Å². The molecule has 108 valence electrons. The van der Waals surface area contributed by atoms with Gasteiger partial charge in [-0.25, -0.2) is 4.98 Å². The number of nitrogens with two attached hydrogens (primary N) is 1. The number of hydrogen-bond donors (Lipinski definition) is 1. The van der Waals surface area contributed by atoms with Crippen molar-refractivity contribution in [3.8, 4) is 0 Å². The highest BCUT2D eigenvalue weighted by Crippen LogP contribution is 2.21. The quantitative estimate of drug-likeness (QED) is 0.492. The molecular formula is C14H19N3O3. The highest BCUT2D eigenvalue weighted by atomic mass is 16.6. The number of fused-ring (bicyclic) bond motifs is 1. The van der Waals surface area contributed by atoms with Crippen molar-refractivity contribution in [3.63, 3.8) is 0 Å². The molecule has 6 nitrogen and oxygen atoms in total. The summed E-state index contributed by atoms with van der Waals surface area (Å²) in [5.74, 6) is 0.425. The van der Waals surface area contributed by atoms with E-state index in [1.54, 1.807) is 10.6 Å². The fourth-order valence-electron chi connectivity index (χ4n) is 2.02. The number of anilines is 1. The highest BCUT2D eigenvalue weighted by molar-refractivity contribution is 5.88. The van der Waals surface area contributed by atoms with Crippen LogP contribution in [0, 0.1) is 6.92 Å². The number of carbonyl (C=O) groups excluding carboxylic acids is 1. The number of esters is 1. The average molecular weight is 277 g/mol. The van der Waals surface area contributed by atoms with Gasteiger partial charge in [0.2, 0.25) is 0 Å². The Morgan fingerprint density at radius 2 is 2.20 bits per heavy atom. The summed E-state index contributed by atoms with van der Waals surface area (Å²) >= 11 is 0. The number of para-hydroxylation sites is 1. The maximum atomic E-state index is 11.8. The van der Waals surface area contributed by atoms with Crippen LogP contribution in [0.1, 0.15) is 12.7 Å². The Hall–Kier alpha value is -2.08. The minimum absolute atomic E-state index is 0.123. The number of aryl methyl sites for hydroxylation is 1. The average Bonchev–Trinajstić information content (AvgIpc) is 2.74. The Kier molecular flexibility index (Phi) is 4.57. The van der Waals surface area contributed by atoms with Crippen LogP contribution in [-0.2, 0) is 20.8 Å². The zero-order chi connectivity index (χ0) is 14.5. The molecule has 0 bridgehead atoms. The SMILES string of the molecule is CCOCCOC(=O)Cn1c(C)nc2c(N)cccc21. The van der Waals surface area contributed by atoms with Gasteiger partial charge in [0.05, 0.1) is 17.8 Å². The second-order valence-corrected chi connectivity index (χ2v) is 4.38. The largest absolute Gasteiger partial charge is 0.462 e. The molecule has 2 rings (SSSR count). The number of nitrogens with zero attached hydrogens (tertiary/aromatic N) is 2. The topological polar surface area (TPSA) is 79.4 Å². The Labute approximate surface area is 117 Å². The maximum Gasteiger partial charge on any atom is 0.326 e. The minimum Gasteiger partial charge on any atom is -0.462 e. The standard InChI is InChI=1S/C14H19N3O3/c1-3-19-7-8-20-13(18)9-17-10(2)16-14-11(15)5-4-6-12(14)17/h4-6H,3,7-9,15H2,1-2H3. The minimum atomic E-state index is -0.311. The molecule has 0 aliphatic heterocycles. The van der Waals surface area contributed by atoms with Crippen molar-refractivity contribution in [2.45, 2.75) is 20.4 Å². The molecule has 1 aromatic heterocycles. The number of aromatic nitrogens is 2. The molecule has 0 atom stereocenters. The number of nitrogen functional groups attached to an aromatic ring is 1. The van der Waals surface area contributed by atoms with Crippen LogP contribution in [0.15, 0.2) is 18.2 Å². The van der Waals surface area contributed by atoms with Gasteiger partial charge < -0.3 is 19.8 Å². The number of rotatable bonds is 6. The summed E-state index contributed by atoms with van der Waals surface area (Å²) in [7, 11) is 0. The molecule has 0 aliphatic carbocycles. The molecule has 20 heavy (non-hydrogen) atoms. The lowest BCUT2D eigenvalue weighted by atomic mass is 10.3. The lowest BCUT2D eigenvalue weighted by Gasteiger charge is -2.08. The number of ether oxygens (including phenoxy) is 2. The second kappa shape index (κ2) is 6.38. The smallest absolute Gasteiger partial charge is 0.326 e. The predicted molar refractivity (Wildman–Crippen MR) is 76.3 cm³/mol. The normalized spacial score (nSPS) is 10.9. The zero-order valence-electron chi connectivity index (χ0n) is 11.8. The van der Waals surface area contributed by atoms with Gasteiger partial charge in [-0.2, -0.15) is 0 Å². The third-order valence-corrected chi connectivity index (χ3v) is 2.98. The summed E-state index contributed by atoms with van der Waals surface area (Å²) in [4.78, 5) is 16.2. The monoisotopic (exact) mass is 277 g/mol. The van der Waals surface area contributed by atoms with Crippen LogP contribution >= 0.6 is 0 Å². The summed E-state index contributed by atoms with van der Waals surface area (Å²) in [5.41, 5.74) is 8.03. The highest BCUT2D eigenvalue weighted by Gasteiger charge is 2.13.